The zero-order chi connectivity index (χ0) is 69.2. The number of benzene rings is 4. The van der Waals surface area contributed by atoms with Crippen LogP contribution in [0.5, 0.6) is 0 Å². The van der Waals surface area contributed by atoms with Crippen LogP contribution in [0.3, 0.4) is 0 Å². The number of nitrogens with one attached hydrogen (secondary N) is 4. The van der Waals surface area contributed by atoms with Crippen molar-refractivity contribution in [2.75, 3.05) is 0 Å². The molecule has 6 unspecified atom stereocenters. The summed E-state index contributed by atoms with van der Waals surface area (Å²) in [6.07, 6.45) is 11.6. The standard InChI is InChI=1S/2C19H27F2NO.C19H29F2NO.C18H27F2NO/c1-12-7-15(12)10-14(18(23)22-19(2,3)4)6-5-13-8-16(20)11-17(21)9-13;1-19(2,3)22-18(23)15(9-13-5-4-6-13)8-7-14-10-16(20)12-17(21)11-14;1-18(2,3)12-14(17(23)22-19(4,5)6)8-7-13-9-15(20)11-16(21)10-13;1-17(2,3)15(16(22)21-18(4,5)6)8-7-12-9-13(19)11-14(20)10-12/h8-9,11-12,14-15H,5-7,10H2,1-4H3,(H,22,23);10-13,15H,4-9H2,1-3H3,(H,22,23);9-11,14H,7-8,12H2,1-6H3,(H,22,23);9-11,15H,7-8H2,1-6H3,(H,21,22). The minimum absolute atomic E-state index is 0.00398. The number of carbonyl (C=O) groups excluding carboxylic acids is 4. The summed E-state index contributed by atoms with van der Waals surface area (Å²) < 4.78 is 106. The maximum absolute atomic E-state index is 13.3. The Hall–Kier alpha value is -5.80. The highest BCUT2D eigenvalue weighted by Crippen LogP contribution is 2.43. The number of amides is 4. The van der Waals surface area contributed by atoms with E-state index >= 15 is 0 Å². The lowest BCUT2D eigenvalue weighted by molar-refractivity contribution is -0.130. The van der Waals surface area contributed by atoms with Gasteiger partial charge >= 0.3 is 0 Å². The van der Waals surface area contributed by atoms with Crippen molar-refractivity contribution in [2.24, 2.45) is 52.3 Å². The lowest BCUT2D eigenvalue weighted by Crippen LogP contribution is -2.47. The van der Waals surface area contributed by atoms with Crippen molar-refractivity contribution in [3.05, 3.63) is 142 Å². The molecule has 4 amide bonds. The Kier molecular flexibility index (Phi) is 30.0. The van der Waals surface area contributed by atoms with E-state index in [1.165, 1.54) is 74.2 Å². The summed E-state index contributed by atoms with van der Waals surface area (Å²) in [6, 6.07) is 14.2. The van der Waals surface area contributed by atoms with E-state index < -0.39 is 46.5 Å². The average Bonchev–Trinajstić information content (AvgIpc) is 1.92. The van der Waals surface area contributed by atoms with Crippen molar-refractivity contribution >= 4 is 23.6 Å². The Labute approximate surface area is 540 Å². The smallest absolute Gasteiger partial charge is 0.224 e. The Balaban J connectivity index is 0.000000317. The summed E-state index contributed by atoms with van der Waals surface area (Å²) in [4.78, 5) is 50.1. The summed E-state index contributed by atoms with van der Waals surface area (Å²) in [5.41, 5.74) is 1.05. The van der Waals surface area contributed by atoms with Crippen molar-refractivity contribution in [1.82, 2.24) is 21.3 Å². The van der Waals surface area contributed by atoms with Gasteiger partial charge < -0.3 is 21.3 Å². The first-order valence-corrected chi connectivity index (χ1v) is 32.7. The van der Waals surface area contributed by atoms with Crippen LogP contribution >= 0.6 is 0 Å². The third kappa shape index (κ3) is 34.1. The van der Waals surface area contributed by atoms with Gasteiger partial charge in [0.05, 0.1) is 0 Å². The Morgan fingerprint density at radius 2 is 0.659 bits per heavy atom. The molecule has 2 saturated carbocycles. The number of carbonyl (C=O) groups is 4. The van der Waals surface area contributed by atoms with Gasteiger partial charge in [-0.1, -0.05) is 67.7 Å². The van der Waals surface area contributed by atoms with Gasteiger partial charge in [0.2, 0.25) is 23.6 Å². The van der Waals surface area contributed by atoms with Crippen molar-refractivity contribution in [1.29, 1.82) is 0 Å². The molecule has 0 aromatic heterocycles. The van der Waals surface area contributed by atoms with E-state index in [4.69, 9.17) is 0 Å². The van der Waals surface area contributed by atoms with E-state index in [9.17, 15) is 54.3 Å². The van der Waals surface area contributed by atoms with Crippen LogP contribution < -0.4 is 21.3 Å². The molecule has 2 aliphatic rings. The van der Waals surface area contributed by atoms with Crippen LogP contribution in [0.15, 0.2) is 72.8 Å². The Bertz CT molecular complexity index is 2800. The topological polar surface area (TPSA) is 116 Å². The number of aryl methyl sites for hydroxylation is 4. The van der Waals surface area contributed by atoms with Gasteiger partial charge in [-0.2, -0.15) is 0 Å². The zero-order valence-electron chi connectivity index (χ0n) is 58.2. The van der Waals surface area contributed by atoms with Crippen LogP contribution in [0.25, 0.3) is 0 Å². The predicted octanol–water partition coefficient (Wildman–Crippen LogP) is 18.4. The van der Waals surface area contributed by atoms with Crippen LogP contribution in [0.4, 0.5) is 35.1 Å². The zero-order valence-corrected chi connectivity index (χ0v) is 58.2. The van der Waals surface area contributed by atoms with E-state index in [1.807, 2.05) is 104 Å². The molecule has 4 aromatic carbocycles. The van der Waals surface area contributed by atoms with Crippen LogP contribution in [-0.4, -0.2) is 45.8 Å². The van der Waals surface area contributed by atoms with E-state index in [0.717, 1.165) is 43.5 Å². The largest absolute Gasteiger partial charge is 0.351 e. The van der Waals surface area contributed by atoms with Gasteiger partial charge in [-0.25, -0.2) is 35.1 Å². The minimum atomic E-state index is -0.582. The van der Waals surface area contributed by atoms with Gasteiger partial charge in [0.25, 0.3) is 0 Å². The number of hydrogen-bond donors (Lipinski definition) is 4. The van der Waals surface area contributed by atoms with Gasteiger partial charge in [0, 0.05) is 70.1 Å². The fourth-order valence-corrected chi connectivity index (χ4v) is 11.2. The van der Waals surface area contributed by atoms with Crippen molar-refractivity contribution < 1.29 is 54.3 Å². The van der Waals surface area contributed by atoms with Crippen LogP contribution in [0, 0.1) is 98.8 Å². The molecule has 0 bridgehead atoms. The quantitative estimate of drug-likeness (QED) is 0.0622. The average molecular weight is 1280 g/mol. The predicted molar refractivity (Wildman–Crippen MR) is 352 cm³/mol. The molecular formula is C75H110F8N4O4. The number of rotatable bonds is 21. The van der Waals surface area contributed by atoms with E-state index in [1.54, 1.807) is 0 Å². The second-order valence-corrected chi connectivity index (χ2v) is 32.2. The van der Waals surface area contributed by atoms with Gasteiger partial charge in [-0.05, 0) is 260 Å². The summed E-state index contributed by atoms with van der Waals surface area (Å²) >= 11 is 0. The molecule has 0 radical (unpaired) electrons. The first-order valence-electron chi connectivity index (χ1n) is 32.7. The Morgan fingerprint density at radius 3 is 0.912 bits per heavy atom. The number of hydrogen-bond acceptors (Lipinski definition) is 4. The minimum Gasteiger partial charge on any atom is -0.351 e. The SMILES string of the molecule is CC(C)(C)CC(CCc1cc(F)cc(F)c1)C(=O)NC(C)(C)C.CC(C)(C)NC(=O)C(CCc1cc(F)cc(F)c1)C(C)(C)C.CC(C)(C)NC(=O)C(CCc1cc(F)cc(F)c1)CC1CCC1.CC1CC1CC(CCc1cc(F)cc(F)c1)C(=O)NC(C)(C)C. The maximum atomic E-state index is 13.3. The van der Waals surface area contributed by atoms with Crippen LogP contribution in [0.2, 0.25) is 0 Å². The normalized spacial score (nSPS) is 16.6. The first kappa shape index (κ1) is 79.4. The van der Waals surface area contributed by atoms with Gasteiger partial charge in [-0.15, -0.1) is 0 Å². The van der Waals surface area contributed by atoms with E-state index in [0.29, 0.717) is 91.4 Å². The maximum Gasteiger partial charge on any atom is 0.224 e. The highest BCUT2D eigenvalue weighted by Gasteiger charge is 2.37. The molecule has 0 spiro atoms. The molecule has 4 aromatic rings. The molecule has 2 aliphatic carbocycles. The molecule has 0 saturated heterocycles. The fraction of sp³-hybridized carbons (Fsp3) is 0.627. The molecule has 6 rings (SSSR count). The van der Waals surface area contributed by atoms with Crippen LogP contribution in [0.1, 0.15) is 224 Å². The van der Waals surface area contributed by atoms with Crippen molar-refractivity contribution in [2.45, 2.75) is 250 Å². The van der Waals surface area contributed by atoms with Crippen molar-refractivity contribution in [3.63, 3.8) is 0 Å². The third-order valence-corrected chi connectivity index (χ3v) is 15.8. The highest BCUT2D eigenvalue weighted by molar-refractivity contribution is 5.81. The monoisotopic (exact) mass is 1280 g/mol. The summed E-state index contributed by atoms with van der Waals surface area (Å²) in [5, 5.41) is 12.1. The van der Waals surface area contributed by atoms with Gasteiger partial charge in [0.15, 0.2) is 0 Å². The molecule has 0 aliphatic heterocycles. The highest BCUT2D eigenvalue weighted by atomic mass is 19.2. The van der Waals surface area contributed by atoms with Crippen LogP contribution in [-0.2, 0) is 44.9 Å². The molecule has 8 nitrogen and oxygen atoms in total. The second kappa shape index (κ2) is 34.4. The summed E-state index contributed by atoms with van der Waals surface area (Å²) in [6.45, 7) is 37.9. The number of halogens is 8. The molecule has 4 N–H and O–H groups in total. The lowest BCUT2D eigenvalue weighted by atomic mass is 9.76. The lowest BCUT2D eigenvalue weighted by Gasteiger charge is -2.33. The van der Waals surface area contributed by atoms with Gasteiger partial charge in [-0.3, -0.25) is 19.2 Å². The molecule has 16 heteroatoms. The summed E-state index contributed by atoms with van der Waals surface area (Å²) in [7, 11) is 0. The molecule has 6 atom stereocenters. The van der Waals surface area contributed by atoms with E-state index in [-0.39, 0.29) is 80.3 Å². The molecule has 510 valence electrons. The van der Waals surface area contributed by atoms with Crippen molar-refractivity contribution in [3.8, 4) is 0 Å². The summed E-state index contributed by atoms with van der Waals surface area (Å²) in [5.74, 6) is -3.16. The first-order chi connectivity index (χ1) is 41.6. The Morgan fingerprint density at radius 1 is 0.396 bits per heavy atom. The molecule has 91 heavy (non-hydrogen) atoms. The molecular weight excluding hydrogens is 1170 g/mol. The molecule has 2 fully saturated rings. The third-order valence-electron chi connectivity index (χ3n) is 15.8. The fourth-order valence-electron chi connectivity index (χ4n) is 11.2. The molecule has 0 heterocycles. The van der Waals surface area contributed by atoms with Gasteiger partial charge in [0.1, 0.15) is 46.5 Å². The second-order valence-electron chi connectivity index (χ2n) is 32.2. The van der Waals surface area contributed by atoms with E-state index in [2.05, 4.69) is 49.0 Å².